The summed E-state index contributed by atoms with van der Waals surface area (Å²) >= 11 is 1.51. The quantitative estimate of drug-likeness (QED) is 0.817. The zero-order valence-corrected chi connectivity index (χ0v) is 10.2. The van der Waals surface area contributed by atoms with E-state index in [1.54, 1.807) is 0 Å². The summed E-state index contributed by atoms with van der Waals surface area (Å²) in [6.07, 6.45) is 1.91. The molecule has 0 spiro atoms. The van der Waals surface area contributed by atoms with Gasteiger partial charge in [-0.1, -0.05) is 24.3 Å². The molecule has 2 aromatic rings. The maximum atomic E-state index is 5.66. The van der Waals surface area contributed by atoms with Crippen LogP contribution in [0.5, 0.6) is 0 Å². The summed E-state index contributed by atoms with van der Waals surface area (Å²) in [6.45, 7) is 2.04. The van der Waals surface area contributed by atoms with Crippen LogP contribution in [-0.2, 0) is 9.47 Å². The molecule has 1 aliphatic heterocycles. The van der Waals surface area contributed by atoms with E-state index in [1.165, 1.54) is 27.5 Å². The third-order valence-electron chi connectivity index (χ3n) is 2.82. The van der Waals surface area contributed by atoms with E-state index < -0.39 is 0 Å². The molecule has 1 aliphatic rings. The van der Waals surface area contributed by atoms with Crippen LogP contribution < -0.4 is 0 Å². The van der Waals surface area contributed by atoms with E-state index >= 15 is 0 Å². The van der Waals surface area contributed by atoms with E-state index in [1.807, 2.05) is 12.3 Å². The van der Waals surface area contributed by atoms with Crippen molar-refractivity contribution in [3.05, 3.63) is 42.1 Å². The fraction of sp³-hybridized carbons (Fsp3) is 0.308. The van der Waals surface area contributed by atoms with Crippen LogP contribution in [0, 0.1) is 0 Å². The van der Waals surface area contributed by atoms with Crippen LogP contribution in [0.2, 0.25) is 0 Å². The van der Waals surface area contributed by atoms with Crippen molar-refractivity contribution < 1.29 is 9.47 Å². The normalized spacial score (nSPS) is 20.4. The molecule has 1 fully saturated rings. The van der Waals surface area contributed by atoms with E-state index in [2.05, 4.69) is 28.6 Å². The van der Waals surface area contributed by atoms with Crippen molar-refractivity contribution in [2.24, 2.45) is 0 Å². The molecule has 4 heteroatoms. The molecule has 0 aliphatic carbocycles. The van der Waals surface area contributed by atoms with Crippen LogP contribution >= 0.6 is 11.5 Å². The van der Waals surface area contributed by atoms with Crippen LogP contribution in [0.25, 0.3) is 10.4 Å². The third kappa shape index (κ3) is 2.39. The molecule has 1 aromatic carbocycles. The van der Waals surface area contributed by atoms with Crippen LogP contribution in [0.1, 0.15) is 11.7 Å². The van der Waals surface area contributed by atoms with Gasteiger partial charge in [-0.3, -0.25) is 0 Å². The lowest BCUT2D eigenvalue weighted by Crippen LogP contribution is -2.21. The monoisotopic (exact) mass is 247 g/mol. The highest BCUT2D eigenvalue weighted by atomic mass is 32.1. The second-order valence-corrected chi connectivity index (χ2v) is 4.77. The zero-order chi connectivity index (χ0) is 11.5. The molecule has 2 heterocycles. The van der Waals surface area contributed by atoms with Crippen molar-refractivity contribution in [1.29, 1.82) is 0 Å². The Morgan fingerprint density at radius 1 is 1.12 bits per heavy atom. The number of hydrogen-bond acceptors (Lipinski definition) is 4. The van der Waals surface area contributed by atoms with Crippen molar-refractivity contribution in [2.75, 3.05) is 19.8 Å². The fourth-order valence-electron chi connectivity index (χ4n) is 1.91. The smallest absolute Gasteiger partial charge is 0.106 e. The highest BCUT2D eigenvalue weighted by Gasteiger charge is 2.16. The molecular formula is C13H13NO2S. The lowest BCUT2D eigenvalue weighted by molar-refractivity contribution is -0.0901. The van der Waals surface area contributed by atoms with Gasteiger partial charge < -0.3 is 9.47 Å². The highest BCUT2D eigenvalue weighted by Crippen LogP contribution is 2.26. The summed E-state index contributed by atoms with van der Waals surface area (Å²) in [4.78, 5) is 1.19. The first kappa shape index (κ1) is 10.9. The first-order chi connectivity index (χ1) is 8.43. The van der Waals surface area contributed by atoms with Crippen LogP contribution in [-0.4, -0.2) is 24.2 Å². The third-order valence-corrected chi connectivity index (χ3v) is 3.62. The molecule has 0 N–H and O–H groups in total. The average molecular weight is 247 g/mol. The van der Waals surface area contributed by atoms with Crippen molar-refractivity contribution in [2.45, 2.75) is 6.10 Å². The van der Waals surface area contributed by atoms with Gasteiger partial charge in [0, 0.05) is 6.20 Å². The molecule has 0 radical (unpaired) electrons. The van der Waals surface area contributed by atoms with Crippen LogP contribution in [0.4, 0.5) is 0 Å². The van der Waals surface area contributed by atoms with E-state index in [0.29, 0.717) is 19.8 Å². The molecule has 17 heavy (non-hydrogen) atoms. The maximum Gasteiger partial charge on any atom is 0.106 e. The summed E-state index contributed by atoms with van der Waals surface area (Å²) < 4.78 is 15.2. The van der Waals surface area contributed by atoms with Gasteiger partial charge in [-0.05, 0) is 28.7 Å². The summed E-state index contributed by atoms with van der Waals surface area (Å²) in [7, 11) is 0. The highest BCUT2D eigenvalue weighted by molar-refractivity contribution is 7.09. The van der Waals surface area contributed by atoms with Gasteiger partial charge in [0.25, 0.3) is 0 Å². The SMILES string of the molecule is c1cc(-c2ccc(C3COCCO3)cc2)sn1. The van der Waals surface area contributed by atoms with Gasteiger partial charge >= 0.3 is 0 Å². The topological polar surface area (TPSA) is 31.4 Å². The van der Waals surface area contributed by atoms with E-state index in [-0.39, 0.29) is 6.10 Å². The van der Waals surface area contributed by atoms with Gasteiger partial charge in [0.05, 0.1) is 24.7 Å². The molecule has 1 atom stereocenters. The number of hydrogen-bond donors (Lipinski definition) is 0. The number of rotatable bonds is 2. The van der Waals surface area contributed by atoms with Gasteiger partial charge in [-0.25, -0.2) is 4.37 Å². The Morgan fingerprint density at radius 3 is 2.65 bits per heavy atom. The Labute approximate surface area is 104 Å². The van der Waals surface area contributed by atoms with Gasteiger partial charge in [-0.2, -0.15) is 0 Å². The van der Waals surface area contributed by atoms with Gasteiger partial charge in [0.15, 0.2) is 0 Å². The van der Waals surface area contributed by atoms with Crippen molar-refractivity contribution in [3.63, 3.8) is 0 Å². The molecule has 1 saturated heterocycles. The van der Waals surface area contributed by atoms with Crippen molar-refractivity contribution >= 4 is 11.5 Å². The second-order valence-electron chi connectivity index (χ2n) is 3.93. The fourth-order valence-corrected chi connectivity index (χ4v) is 2.51. The molecule has 0 saturated carbocycles. The Bertz CT molecular complexity index is 461. The number of aromatic nitrogens is 1. The van der Waals surface area contributed by atoms with Gasteiger partial charge in [0.1, 0.15) is 6.10 Å². The predicted octanol–water partition coefficient (Wildman–Crippen LogP) is 2.90. The van der Waals surface area contributed by atoms with Crippen LogP contribution in [0.15, 0.2) is 36.5 Å². The minimum atomic E-state index is 0.0826. The zero-order valence-electron chi connectivity index (χ0n) is 9.33. The van der Waals surface area contributed by atoms with Crippen LogP contribution in [0.3, 0.4) is 0 Å². The molecular weight excluding hydrogens is 234 g/mol. The van der Waals surface area contributed by atoms with Crippen molar-refractivity contribution in [1.82, 2.24) is 4.37 Å². The molecule has 88 valence electrons. The minimum Gasteiger partial charge on any atom is -0.376 e. The second kappa shape index (κ2) is 4.96. The van der Waals surface area contributed by atoms with E-state index in [9.17, 15) is 0 Å². The Balaban J connectivity index is 1.80. The molecule has 3 rings (SSSR count). The first-order valence-electron chi connectivity index (χ1n) is 5.64. The molecule has 1 aromatic heterocycles. The summed E-state index contributed by atoms with van der Waals surface area (Å²) in [5.74, 6) is 0. The Morgan fingerprint density at radius 2 is 2.00 bits per heavy atom. The van der Waals surface area contributed by atoms with E-state index in [0.717, 1.165) is 0 Å². The minimum absolute atomic E-state index is 0.0826. The molecule has 3 nitrogen and oxygen atoms in total. The molecule has 0 amide bonds. The van der Waals surface area contributed by atoms with Gasteiger partial charge in [0.2, 0.25) is 0 Å². The first-order valence-corrected chi connectivity index (χ1v) is 6.41. The Kier molecular flexibility index (Phi) is 3.18. The van der Waals surface area contributed by atoms with Gasteiger partial charge in [-0.15, -0.1) is 0 Å². The Hall–Kier alpha value is -1.23. The largest absolute Gasteiger partial charge is 0.376 e. The average Bonchev–Trinajstić information content (AvgIpc) is 2.94. The summed E-state index contributed by atoms with van der Waals surface area (Å²) in [5, 5.41) is 0. The summed E-state index contributed by atoms with van der Waals surface area (Å²) in [6, 6.07) is 10.5. The molecule has 0 bridgehead atoms. The number of ether oxygens (including phenoxy) is 2. The number of nitrogens with zero attached hydrogens (tertiary/aromatic N) is 1. The van der Waals surface area contributed by atoms with E-state index in [4.69, 9.17) is 9.47 Å². The lowest BCUT2D eigenvalue weighted by atomic mass is 10.1. The maximum absolute atomic E-state index is 5.66. The number of benzene rings is 1. The predicted molar refractivity (Wildman–Crippen MR) is 67.1 cm³/mol. The van der Waals surface area contributed by atoms with Crippen molar-refractivity contribution in [3.8, 4) is 10.4 Å². The standard InChI is InChI=1S/C13H13NO2S/c1-3-11(13-5-6-14-17-13)4-2-10(1)12-9-15-7-8-16-12/h1-6,12H,7-9H2. The lowest BCUT2D eigenvalue weighted by Gasteiger charge is -2.23. The molecule has 1 unspecified atom stereocenters. The summed E-state index contributed by atoms with van der Waals surface area (Å²) in [5.41, 5.74) is 2.38.